The fourth-order valence-corrected chi connectivity index (χ4v) is 9.58. The summed E-state index contributed by atoms with van der Waals surface area (Å²) < 4.78 is 42.3. The monoisotopic (exact) mass is 708 g/mol. The molecule has 11 heteroatoms. The number of methoxy groups -OCH3 is 1. The van der Waals surface area contributed by atoms with Crippen molar-refractivity contribution in [2.75, 3.05) is 44.7 Å². The molecule has 3 heterocycles. The number of fused-ring (bicyclic) bond motifs is 3. The summed E-state index contributed by atoms with van der Waals surface area (Å²) in [6.07, 6.45) is 9.55. The zero-order chi connectivity index (χ0) is 35.0. The lowest BCUT2D eigenvalue weighted by molar-refractivity contribution is -0.110. The van der Waals surface area contributed by atoms with Crippen molar-refractivity contribution in [1.82, 2.24) is 9.62 Å². The largest absolute Gasteiger partial charge is 0.487 e. The van der Waals surface area contributed by atoms with Gasteiger partial charge in [0.25, 0.3) is 5.91 Å². The highest BCUT2D eigenvalue weighted by Gasteiger charge is 2.51. The Kier molecular flexibility index (Phi) is 10.4. The topological polar surface area (TPSA) is 112 Å². The minimum atomic E-state index is -3.97. The van der Waals surface area contributed by atoms with Crippen LogP contribution in [0.4, 0.5) is 5.69 Å². The van der Waals surface area contributed by atoms with Crippen LogP contribution < -0.4 is 14.4 Å². The Hall–Kier alpha value is -3.10. The zero-order valence-corrected chi connectivity index (χ0v) is 30.7. The van der Waals surface area contributed by atoms with Crippen LogP contribution in [0.2, 0.25) is 5.02 Å². The van der Waals surface area contributed by atoms with Gasteiger partial charge in [-0.05, 0) is 112 Å². The number of carbonyl (C=O) groups excluding carboxylic acids is 1. The highest BCUT2D eigenvalue weighted by Crippen LogP contribution is 2.47. The molecule has 2 fully saturated rings. The van der Waals surface area contributed by atoms with E-state index in [4.69, 9.17) is 21.1 Å². The molecule has 2 aromatic rings. The molecule has 2 aromatic carbocycles. The summed E-state index contributed by atoms with van der Waals surface area (Å²) in [6, 6.07) is 13.6. The van der Waals surface area contributed by atoms with Crippen molar-refractivity contribution < 1.29 is 22.7 Å². The van der Waals surface area contributed by atoms with Gasteiger partial charge in [-0.1, -0.05) is 36.7 Å². The Bertz CT molecular complexity index is 1740. The van der Waals surface area contributed by atoms with Crippen molar-refractivity contribution in [3.05, 3.63) is 70.3 Å². The molecule has 49 heavy (non-hydrogen) atoms. The number of nitriles is 1. The number of allylic oxidation sites excluding steroid dienone is 1. The highest BCUT2D eigenvalue weighted by molar-refractivity contribution is 7.90. The van der Waals surface area contributed by atoms with Crippen LogP contribution in [0.5, 0.6) is 5.75 Å². The molecule has 9 nitrogen and oxygen atoms in total. The molecule has 1 saturated heterocycles. The lowest BCUT2D eigenvalue weighted by atomic mass is 9.63. The quantitative estimate of drug-likeness (QED) is 0.367. The number of nitrogens with one attached hydrogen (secondary N) is 1. The number of amides is 1. The number of anilines is 1. The minimum absolute atomic E-state index is 0.215. The summed E-state index contributed by atoms with van der Waals surface area (Å²) in [5.74, 6) is 0.283. The molecule has 2 bridgehead atoms. The Labute approximate surface area is 296 Å². The molecule has 1 amide bonds. The normalized spacial score (nSPS) is 30.8. The first-order valence-corrected chi connectivity index (χ1v) is 19.5. The maximum absolute atomic E-state index is 13.5. The number of nitrogens with zero attached hydrogens (tertiary/aromatic N) is 3. The third-order valence-corrected chi connectivity index (χ3v) is 13.6. The Balaban J connectivity index is 1.39. The van der Waals surface area contributed by atoms with E-state index < -0.39 is 26.8 Å². The van der Waals surface area contributed by atoms with Crippen molar-refractivity contribution >= 4 is 33.2 Å². The van der Waals surface area contributed by atoms with Gasteiger partial charge in [-0.3, -0.25) is 9.69 Å². The van der Waals surface area contributed by atoms with Crippen molar-refractivity contribution in [3.8, 4) is 11.8 Å². The van der Waals surface area contributed by atoms with E-state index in [2.05, 4.69) is 32.7 Å². The number of benzene rings is 2. The van der Waals surface area contributed by atoms with Crippen LogP contribution in [-0.4, -0.2) is 69.9 Å². The van der Waals surface area contributed by atoms with E-state index in [0.717, 1.165) is 56.4 Å². The van der Waals surface area contributed by atoms with E-state index in [0.29, 0.717) is 49.4 Å². The molecule has 5 atom stereocenters. The number of sulfonamides is 1. The average Bonchev–Trinajstić information content (AvgIpc) is 3.07. The van der Waals surface area contributed by atoms with E-state index in [9.17, 15) is 18.5 Å². The Morgan fingerprint density at radius 1 is 1.12 bits per heavy atom. The molecule has 1 saturated carbocycles. The summed E-state index contributed by atoms with van der Waals surface area (Å²) in [5.41, 5.74) is 2.36. The van der Waals surface area contributed by atoms with Crippen molar-refractivity contribution in [1.29, 1.82) is 5.26 Å². The zero-order valence-electron chi connectivity index (χ0n) is 29.1. The number of hydrogen-bond acceptors (Lipinski definition) is 8. The summed E-state index contributed by atoms with van der Waals surface area (Å²) in [4.78, 5) is 18.2. The molecule has 0 spiro atoms. The first-order valence-electron chi connectivity index (χ1n) is 17.6. The molecule has 0 unspecified atom stereocenters. The summed E-state index contributed by atoms with van der Waals surface area (Å²) in [6.45, 7) is 9.45. The number of halogens is 1. The number of ether oxygens (including phenoxy) is 2. The molecular weight excluding hydrogens is 660 g/mol. The average molecular weight is 709 g/mol. The van der Waals surface area contributed by atoms with Crippen LogP contribution >= 0.6 is 11.6 Å². The van der Waals surface area contributed by atoms with Crippen molar-refractivity contribution in [2.24, 2.45) is 23.2 Å². The van der Waals surface area contributed by atoms with Gasteiger partial charge in [-0.25, -0.2) is 13.1 Å². The predicted octanol–water partition coefficient (Wildman–Crippen LogP) is 6.36. The van der Waals surface area contributed by atoms with Crippen LogP contribution in [-0.2, 0) is 27.8 Å². The third kappa shape index (κ3) is 7.51. The third-order valence-electron chi connectivity index (χ3n) is 11.4. The van der Waals surface area contributed by atoms with Crippen LogP contribution in [0.15, 0.2) is 48.6 Å². The molecule has 4 aliphatic rings. The molecular formula is C38H49ClN4O5S. The van der Waals surface area contributed by atoms with E-state index in [-0.39, 0.29) is 22.8 Å². The van der Waals surface area contributed by atoms with Gasteiger partial charge in [-0.2, -0.15) is 5.26 Å². The molecule has 3 aliphatic heterocycles. The lowest BCUT2D eigenvalue weighted by Crippen LogP contribution is -2.62. The fraction of sp³-hybridized carbons (Fsp3) is 0.579. The molecule has 6 rings (SSSR count). The maximum Gasteiger partial charge on any atom is 0.264 e. The summed E-state index contributed by atoms with van der Waals surface area (Å²) in [7, 11) is -2.19. The van der Waals surface area contributed by atoms with Gasteiger partial charge in [-0.15, -0.1) is 0 Å². The molecule has 0 radical (unpaired) electrons. The minimum Gasteiger partial charge on any atom is -0.487 e. The standard InChI is InChI=1S/C38H49ClN4O5S/c1-26-8-7-16-38(47-4,25-42-23-37(3,22-40)24-42)33-14-11-30(33)20-43-17-6-5-9-28-18-32(39)13-10-31(28)21-48-35-15-12-29(19-34(35)43)36(44)41-49(45,46)27(26)2/h7,10,12-13,15-16,18-19,26-27,30,33H,5-6,8-9,11,14,17,20-21,23-25H2,1-4H3,(H,41,44)/b16-7+/t26-,27+,30-,33+,38-/m0/s1. The van der Waals surface area contributed by atoms with Gasteiger partial charge in [0.1, 0.15) is 18.0 Å². The summed E-state index contributed by atoms with van der Waals surface area (Å²) in [5, 5.41) is 9.59. The molecule has 1 N–H and O–H groups in total. The Morgan fingerprint density at radius 3 is 2.63 bits per heavy atom. The first kappa shape index (κ1) is 35.7. The van der Waals surface area contributed by atoms with Gasteiger partial charge in [0.15, 0.2) is 0 Å². The lowest BCUT2D eigenvalue weighted by Gasteiger charge is -2.54. The second-order valence-corrected chi connectivity index (χ2v) is 17.5. The predicted molar refractivity (Wildman–Crippen MR) is 192 cm³/mol. The maximum atomic E-state index is 13.5. The number of carbonyl (C=O) groups is 1. The summed E-state index contributed by atoms with van der Waals surface area (Å²) >= 11 is 6.37. The second-order valence-electron chi connectivity index (χ2n) is 15.0. The second kappa shape index (κ2) is 14.3. The van der Waals surface area contributed by atoms with E-state index in [1.807, 2.05) is 32.0 Å². The first-order chi connectivity index (χ1) is 23.3. The molecule has 1 aliphatic carbocycles. The van der Waals surface area contributed by atoms with Crippen LogP contribution in [0.1, 0.15) is 74.4 Å². The number of likely N-dealkylation sites (tertiary alicyclic amines) is 1. The number of hydrogen-bond donors (Lipinski definition) is 1. The van der Waals surface area contributed by atoms with E-state index in [1.165, 1.54) is 5.56 Å². The Morgan fingerprint density at radius 2 is 1.92 bits per heavy atom. The number of aryl methyl sites for hydroxylation is 1. The smallest absolute Gasteiger partial charge is 0.264 e. The van der Waals surface area contributed by atoms with Crippen LogP contribution in [0, 0.1) is 34.5 Å². The van der Waals surface area contributed by atoms with Crippen LogP contribution in [0.3, 0.4) is 0 Å². The highest BCUT2D eigenvalue weighted by atomic mass is 35.5. The van der Waals surface area contributed by atoms with Crippen LogP contribution in [0.25, 0.3) is 0 Å². The van der Waals surface area contributed by atoms with Gasteiger partial charge >= 0.3 is 0 Å². The fourth-order valence-electron chi connectivity index (χ4n) is 8.10. The van der Waals surface area contributed by atoms with E-state index in [1.54, 1.807) is 32.2 Å². The SMILES string of the molecule is CO[C@]1(CN2CC(C)(C#N)C2)/C=C/C[C@H](C)[C@@H](C)S(=O)(=O)NC(=O)c2ccc3c(c2)N(CCCCc2cc(Cl)ccc2CO3)C[C@@H]2CC[C@H]21. The van der Waals surface area contributed by atoms with Gasteiger partial charge in [0.05, 0.1) is 22.4 Å². The van der Waals surface area contributed by atoms with Crippen molar-refractivity contribution in [3.63, 3.8) is 0 Å². The van der Waals surface area contributed by atoms with E-state index >= 15 is 0 Å². The molecule has 0 aromatic heterocycles. The number of rotatable bonds is 3. The van der Waals surface area contributed by atoms with Gasteiger partial charge in [0, 0.05) is 50.4 Å². The van der Waals surface area contributed by atoms with Gasteiger partial charge in [0.2, 0.25) is 10.0 Å². The molecule has 264 valence electrons. The van der Waals surface area contributed by atoms with Crippen molar-refractivity contribution in [2.45, 2.75) is 76.8 Å². The van der Waals surface area contributed by atoms with Gasteiger partial charge < -0.3 is 14.4 Å².